The Morgan fingerprint density at radius 1 is 0.875 bits per heavy atom. The summed E-state index contributed by atoms with van der Waals surface area (Å²) in [5.41, 5.74) is 0. The zero-order valence-corrected chi connectivity index (χ0v) is 16.1. The van der Waals surface area contributed by atoms with Crippen molar-refractivity contribution in [3.05, 3.63) is 10.8 Å². The Kier molecular flexibility index (Phi) is 16.7. The van der Waals surface area contributed by atoms with Gasteiger partial charge in [-0.15, -0.1) is 0 Å². The van der Waals surface area contributed by atoms with Crippen LogP contribution in [0.15, 0.2) is 10.8 Å². The zero-order valence-electron chi connectivity index (χ0n) is 13.7. The summed E-state index contributed by atoms with van der Waals surface area (Å²) in [6.07, 6.45) is 5.55. The molecule has 0 aromatic carbocycles. The average molecular weight is 409 g/mol. The number of rotatable bonds is 17. The maximum Gasteiger partial charge on any atom is 0.526 e. The van der Waals surface area contributed by atoms with E-state index in [9.17, 15) is 9.46 Å². The molecule has 0 spiro atoms. The third-order valence-corrected chi connectivity index (χ3v) is 3.80. The van der Waals surface area contributed by atoms with E-state index in [0.29, 0.717) is 39.3 Å². The molecule has 0 radical (unpaired) electrons. The summed E-state index contributed by atoms with van der Waals surface area (Å²) >= 11 is 10.5. The number of phosphoric acid groups is 1. The number of phosphoric ester groups is 1. The number of unbranched alkanes of at least 4 members (excludes halogenated alkanes) is 3. The van der Waals surface area contributed by atoms with Crippen LogP contribution in [0.2, 0.25) is 0 Å². The molecular formula is C14H27Cl2O7P. The van der Waals surface area contributed by atoms with Crippen LogP contribution in [0.5, 0.6) is 0 Å². The highest BCUT2D eigenvalue weighted by molar-refractivity contribution is 7.47. The molecule has 0 heterocycles. The lowest BCUT2D eigenvalue weighted by molar-refractivity contribution is 0.0954. The smallest absolute Gasteiger partial charge is 0.410 e. The molecule has 0 bridgehead atoms. The number of halogens is 2. The van der Waals surface area contributed by atoms with Gasteiger partial charge >= 0.3 is 7.82 Å². The molecule has 1 unspecified atom stereocenters. The molecule has 0 aliphatic rings. The number of hydrogen-bond acceptors (Lipinski definition) is 6. The van der Waals surface area contributed by atoms with E-state index in [2.05, 4.69) is 4.52 Å². The van der Waals surface area contributed by atoms with E-state index >= 15 is 0 Å². The minimum atomic E-state index is -4.14. The van der Waals surface area contributed by atoms with Crippen molar-refractivity contribution in [2.75, 3.05) is 39.6 Å². The predicted molar refractivity (Wildman–Crippen MR) is 93.1 cm³/mol. The monoisotopic (exact) mass is 408 g/mol. The Morgan fingerprint density at radius 2 is 1.33 bits per heavy atom. The molecule has 0 rings (SSSR count). The summed E-state index contributed by atoms with van der Waals surface area (Å²) in [7, 11) is -4.14. The minimum Gasteiger partial charge on any atom is -0.410 e. The molecular weight excluding hydrogens is 382 g/mol. The van der Waals surface area contributed by atoms with Gasteiger partial charge in [0, 0.05) is 33.0 Å². The quantitative estimate of drug-likeness (QED) is 0.215. The fraction of sp³-hybridized carbons (Fsp3) is 0.857. The molecule has 24 heavy (non-hydrogen) atoms. The summed E-state index contributed by atoms with van der Waals surface area (Å²) in [6.45, 7) is 2.89. The van der Waals surface area contributed by atoms with Gasteiger partial charge in [0.1, 0.15) is 10.8 Å². The van der Waals surface area contributed by atoms with E-state index in [1.54, 1.807) is 0 Å². The first-order valence-corrected chi connectivity index (χ1v) is 10.2. The third-order valence-electron chi connectivity index (χ3n) is 2.74. The summed E-state index contributed by atoms with van der Waals surface area (Å²) in [5.74, 6) is 0. The topological polar surface area (TPSA) is 94.5 Å². The molecule has 0 saturated heterocycles. The van der Waals surface area contributed by atoms with E-state index in [4.69, 9.17) is 42.3 Å². The van der Waals surface area contributed by atoms with Crippen molar-refractivity contribution >= 4 is 31.0 Å². The maximum atomic E-state index is 11.3. The second-order valence-electron chi connectivity index (χ2n) is 4.88. The predicted octanol–water partition coefficient (Wildman–Crippen LogP) is 3.76. The Labute approximate surface area is 153 Å². The number of ether oxygens (including phenoxy) is 2. The van der Waals surface area contributed by atoms with Gasteiger partial charge in [-0.1, -0.05) is 23.2 Å². The second-order valence-corrected chi connectivity index (χ2v) is 7.30. The van der Waals surface area contributed by atoms with Gasteiger partial charge in [-0.25, -0.2) is 4.57 Å². The molecule has 0 fully saturated rings. The summed E-state index contributed by atoms with van der Waals surface area (Å²) < 4.78 is 31.0. The van der Waals surface area contributed by atoms with Crippen molar-refractivity contribution in [1.82, 2.24) is 0 Å². The lowest BCUT2D eigenvalue weighted by Crippen LogP contribution is -2.02. The zero-order chi connectivity index (χ0) is 18.1. The number of aliphatic hydroxyl groups excluding tert-OH is 1. The van der Waals surface area contributed by atoms with Gasteiger partial charge < -0.3 is 19.1 Å². The van der Waals surface area contributed by atoms with Gasteiger partial charge in [-0.3, -0.25) is 9.42 Å². The molecule has 0 amide bonds. The Balaban J connectivity index is 3.28. The van der Waals surface area contributed by atoms with Crippen LogP contribution >= 0.6 is 31.0 Å². The molecule has 144 valence electrons. The minimum absolute atomic E-state index is 0.0760. The van der Waals surface area contributed by atoms with Gasteiger partial charge in [-0.05, 0) is 38.5 Å². The van der Waals surface area contributed by atoms with Gasteiger partial charge in [-0.2, -0.15) is 0 Å². The molecule has 1 atom stereocenters. The Bertz CT molecular complexity index is 365. The maximum absolute atomic E-state index is 11.3. The lowest BCUT2D eigenvalue weighted by Gasteiger charge is -2.10. The molecule has 7 nitrogen and oxygen atoms in total. The van der Waals surface area contributed by atoms with Crippen LogP contribution in [0.3, 0.4) is 0 Å². The van der Waals surface area contributed by atoms with Crippen LogP contribution in [0, 0.1) is 0 Å². The van der Waals surface area contributed by atoms with E-state index in [-0.39, 0.29) is 17.7 Å². The van der Waals surface area contributed by atoms with Crippen LogP contribution in [0.25, 0.3) is 0 Å². The standard InChI is InChI=1S/C14H27Cl2O7P/c15-14(16)13-23-24(18,19)22-12-6-5-11-21-10-4-3-9-20-8-2-1-7-17/h13,17H,1-12H2,(H,18,19). The lowest BCUT2D eigenvalue weighted by atomic mass is 10.3. The molecule has 0 aliphatic heterocycles. The molecule has 10 heteroatoms. The fourth-order valence-electron chi connectivity index (χ4n) is 1.55. The Hall–Kier alpha value is 0.150. The van der Waals surface area contributed by atoms with E-state index in [1.165, 1.54) is 0 Å². The van der Waals surface area contributed by atoms with Crippen LogP contribution in [-0.2, 0) is 23.1 Å². The van der Waals surface area contributed by atoms with Gasteiger partial charge in [0.15, 0.2) is 0 Å². The van der Waals surface area contributed by atoms with Crippen LogP contribution in [0.1, 0.15) is 38.5 Å². The molecule has 2 N–H and O–H groups in total. The van der Waals surface area contributed by atoms with E-state index in [1.807, 2.05) is 0 Å². The average Bonchev–Trinajstić information content (AvgIpc) is 2.53. The normalized spacial score (nSPS) is 13.5. The van der Waals surface area contributed by atoms with Gasteiger partial charge in [0.05, 0.1) is 6.61 Å². The van der Waals surface area contributed by atoms with Crippen molar-refractivity contribution in [2.24, 2.45) is 0 Å². The molecule has 0 saturated carbocycles. The molecule has 0 aromatic heterocycles. The fourth-order valence-corrected chi connectivity index (χ4v) is 2.42. The summed E-state index contributed by atoms with van der Waals surface area (Å²) in [5, 5.41) is 8.60. The first kappa shape index (κ1) is 24.1. The van der Waals surface area contributed by atoms with Crippen molar-refractivity contribution in [3.63, 3.8) is 0 Å². The highest BCUT2D eigenvalue weighted by atomic mass is 35.5. The largest absolute Gasteiger partial charge is 0.526 e. The molecule has 0 aromatic rings. The van der Waals surface area contributed by atoms with E-state index in [0.717, 1.165) is 31.9 Å². The highest BCUT2D eigenvalue weighted by Crippen LogP contribution is 2.44. The number of hydrogen-bond donors (Lipinski definition) is 2. The Morgan fingerprint density at radius 3 is 1.79 bits per heavy atom. The first-order chi connectivity index (χ1) is 11.5. The van der Waals surface area contributed by atoms with Crippen LogP contribution < -0.4 is 0 Å². The van der Waals surface area contributed by atoms with E-state index < -0.39 is 7.82 Å². The van der Waals surface area contributed by atoms with Gasteiger partial charge in [0.2, 0.25) is 0 Å². The highest BCUT2D eigenvalue weighted by Gasteiger charge is 2.20. The third kappa shape index (κ3) is 18.5. The summed E-state index contributed by atoms with van der Waals surface area (Å²) in [4.78, 5) is 9.25. The second kappa shape index (κ2) is 16.6. The van der Waals surface area contributed by atoms with Crippen LogP contribution in [0.4, 0.5) is 0 Å². The van der Waals surface area contributed by atoms with Crippen LogP contribution in [-0.4, -0.2) is 49.6 Å². The van der Waals surface area contributed by atoms with Gasteiger partial charge in [0.25, 0.3) is 0 Å². The van der Waals surface area contributed by atoms with Crippen molar-refractivity contribution in [2.45, 2.75) is 38.5 Å². The van der Waals surface area contributed by atoms with Crippen molar-refractivity contribution in [1.29, 1.82) is 0 Å². The summed E-state index contributed by atoms with van der Waals surface area (Å²) in [6, 6.07) is 0. The van der Waals surface area contributed by atoms with Crippen molar-refractivity contribution < 1.29 is 33.1 Å². The number of aliphatic hydroxyl groups is 1. The molecule has 0 aliphatic carbocycles. The SMILES string of the molecule is O=P(O)(OC=C(Cl)Cl)OCCCCOCCCCOCCCCO. The first-order valence-electron chi connectivity index (χ1n) is 7.91. The van der Waals surface area contributed by atoms with Crippen molar-refractivity contribution in [3.8, 4) is 0 Å².